The number of carboxylic acid groups (broad SMARTS) is 1. The van der Waals surface area contributed by atoms with Gasteiger partial charge in [0.25, 0.3) is 0 Å². The molecular weight excluding hydrogens is 449 g/mol. The number of anilines is 1. The molecule has 0 bridgehead atoms. The summed E-state index contributed by atoms with van der Waals surface area (Å²) in [5.41, 5.74) is 2.61. The summed E-state index contributed by atoms with van der Waals surface area (Å²) in [5.74, 6) is -0.692. The summed E-state index contributed by atoms with van der Waals surface area (Å²) < 4.78 is 20.0. The van der Waals surface area contributed by atoms with Crippen LogP contribution < -0.4 is 10.1 Å². The van der Waals surface area contributed by atoms with E-state index in [0.29, 0.717) is 22.9 Å². The van der Waals surface area contributed by atoms with Crippen LogP contribution in [0.15, 0.2) is 65.1 Å². The third-order valence-corrected chi connectivity index (χ3v) is 4.88. The molecule has 0 aliphatic carbocycles. The van der Waals surface area contributed by atoms with Crippen LogP contribution in [0.3, 0.4) is 0 Å². The summed E-state index contributed by atoms with van der Waals surface area (Å²) in [6, 6.07) is 16.3. The molecule has 3 rings (SSSR count). The number of halogens is 3. The van der Waals surface area contributed by atoms with Gasteiger partial charge in [0.2, 0.25) is 0 Å². The maximum atomic E-state index is 13.2. The third kappa shape index (κ3) is 5.24. The summed E-state index contributed by atoms with van der Waals surface area (Å²) in [7, 11) is 0. The molecule has 2 N–H and O–H groups in total. The van der Waals surface area contributed by atoms with Crippen LogP contribution in [0.4, 0.5) is 10.1 Å². The number of rotatable bonds is 7. The van der Waals surface area contributed by atoms with Crippen molar-refractivity contribution in [3.8, 4) is 5.75 Å². The highest BCUT2D eigenvalue weighted by Crippen LogP contribution is 2.26. The fourth-order valence-corrected chi connectivity index (χ4v) is 3.18. The monoisotopic (exact) mass is 463 g/mol. The highest BCUT2D eigenvalue weighted by molar-refractivity contribution is 9.10. The molecule has 0 heterocycles. The van der Waals surface area contributed by atoms with E-state index in [-0.39, 0.29) is 12.2 Å². The SMILES string of the molecule is O=C(O)c1ccc(NCc2cc(Br)ccc2OCc2ccc(F)cc2Cl)cc1. The number of benzene rings is 3. The minimum Gasteiger partial charge on any atom is -0.488 e. The van der Waals surface area contributed by atoms with E-state index in [0.717, 1.165) is 15.7 Å². The maximum Gasteiger partial charge on any atom is 0.335 e. The average Bonchev–Trinajstić information content (AvgIpc) is 2.67. The molecule has 0 aliphatic heterocycles. The molecule has 4 nitrogen and oxygen atoms in total. The van der Waals surface area contributed by atoms with Crippen molar-refractivity contribution in [2.45, 2.75) is 13.2 Å². The molecule has 0 atom stereocenters. The Bertz CT molecular complexity index is 995. The van der Waals surface area contributed by atoms with Crippen molar-refractivity contribution < 1.29 is 19.0 Å². The summed E-state index contributed by atoms with van der Waals surface area (Å²) >= 11 is 9.51. The molecule has 144 valence electrons. The van der Waals surface area contributed by atoms with Crippen molar-refractivity contribution in [1.82, 2.24) is 0 Å². The number of aromatic carboxylic acids is 1. The van der Waals surface area contributed by atoms with Crippen LogP contribution in [-0.4, -0.2) is 11.1 Å². The lowest BCUT2D eigenvalue weighted by Gasteiger charge is -2.14. The largest absolute Gasteiger partial charge is 0.488 e. The quantitative estimate of drug-likeness (QED) is 0.441. The second-order valence-electron chi connectivity index (χ2n) is 6.01. The van der Waals surface area contributed by atoms with E-state index in [9.17, 15) is 9.18 Å². The average molecular weight is 465 g/mol. The van der Waals surface area contributed by atoms with Crippen LogP contribution >= 0.6 is 27.5 Å². The second kappa shape index (κ2) is 9.08. The minimum absolute atomic E-state index is 0.209. The van der Waals surface area contributed by atoms with E-state index < -0.39 is 11.8 Å². The van der Waals surface area contributed by atoms with Gasteiger partial charge >= 0.3 is 5.97 Å². The molecule has 0 unspecified atom stereocenters. The normalized spacial score (nSPS) is 10.5. The molecule has 0 spiro atoms. The van der Waals surface area contributed by atoms with Crippen molar-refractivity contribution in [2.75, 3.05) is 5.32 Å². The van der Waals surface area contributed by atoms with Gasteiger partial charge in [-0.1, -0.05) is 33.6 Å². The number of hydrogen-bond acceptors (Lipinski definition) is 3. The van der Waals surface area contributed by atoms with Crippen LogP contribution in [0.1, 0.15) is 21.5 Å². The molecule has 7 heteroatoms. The predicted octanol–water partition coefficient (Wildman–Crippen LogP) is 6.13. The molecule has 3 aromatic carbocycles. The van der Waals surface area contributed by atoms with Gasteiger partial charge in [-0.25, -0.2) is 9.18 Å². The third-order valence-electron chi connectivity index (χ3n) is 4.04. The first-order valence-corrected chi connectivity index (χ1v) is 9.52. The molecule has 0 amide bonds. The number of carbonyl (C=O) groups is 1. The molecule has 0 aromatic heterocycles. The Balaban J connectivity index is 1.70. The Kier molecular flexibility index (Phi) is 6.54. The zero-order chi connectivity index (χ0) is 20.1. The van der Waals surface area contributed by atoms with Crippen molar-refractivity contribution in [2.24, 2.45) is 0 Å². The highest BCUT2D eigenvalue weighted by atomic mass is 79.9. The summed E-state index contributed by atoms with van der Waals surface area (Å²) in [5, 5.41) is 12.5. The summed E-state index contributed by atoms with van der Waals surface area (Å²) in [4.78, 5) is 10.9. The lowest BCUT2D eigenvalue weighted by molar-refractivity contribution is 0.0697. The molecule has 0 radical (unpaired) electrons. The molecule has 0 fully saturated rings. The fraction of sp³-hybridized carbons (Fsp3) is 0.0952. The van der Waals surface area contributed by atoms with Gasteiger partial charge in [-0.2, -0.15) is 0 Å². The number of ether oxygens (including phenoxy) is 1. The Labute approximate surface area is 175 Å². The van der Waals surface area contributed by atoms with Crippen LogP contribution in [-0.2, 0) is 13.2 Å². The number of carboxylic acids is 1. The van der Waals surface area contributed by atoms with Crippen molar-refractivity contribution >= 4 is 39.2 Å². The van der Waals surface area contributed by atoms with E-state index in [4.69, 9.17) is 21.4 Å². The van der Waals surface area contributed by atoms with E-state index in [1.165, 1.54) is 12.1 Å². The summed E-state index contributed by atoms with van der Waals surface area (Å²) in [6.45, 7) is 0.680. The number of hydrogen-bond donors (Lipinski definition) is 2. The Morgan fingerprint density at radius 1 is 1.07 bits per heavy atom. The lowest BCUT2D eigenvalue weighted by Crippen LogP contribution is -2.05. The van der Waals surface area contributed by atoms with Crippen molar-refractivity contribution in [3.63, 3.8) is 0 Å². The van der Waals surface area contributed by atoms with E-state index in [1.54, 1.807) is 30.3 Å². The molecule has 0 aliphatic rings. The molecule has 0 saturated carbocycles. The Morgan fingerprint density at radius 3 is 2.50 bits per heavy atom. The zero-order valence-electron chi connectivity index (χ0n) is 14.6. The predicted molar refractivity (Wildman–Crippen MR) is 111 cm³/mol. The molecular formula is C21H16BrClFNO3. The van der Waals surface area contributed by atoms with Crippen molar-refractivity contribution in [3.05, 3.63) is 92.7 Å². The first kappa shape index (κ1) is 20.2. The summed E-state index contributed by atoms with van der Waals surface area (Å²) in [6.07, 6.45) is 0. The Morgan fingerprint density at radius 2 is 1.82 bits per heavy atom. The lowest BCUT2D eigenvalue weighted by atomic mass is 10.1. The van der Waals surface area contributed by atoms with Gasteiger partial charge in [-0.3, -0.25) is 0 Å². The van der Waals surface area contributed by atoms with E-state index >= 15 is 0 Å². The van der Waals surface area contributed by atoms with Gasteiger partial charge in [0, 0.05) is 27.8 Å². The first-order valence-electron chi connectivity index (χ1n) is 8.35. The molecule has 0 saturated heterocycles. The van der Waals surface area contributed by atoms with Gasteiger partial charge in [-0.15, -0.1) is 0 Å². The van der Waals surface area contributed by atoms with Crippen LogP contribution in [0.25, 0.3) is 0 Å². The minimum atomic E-state index is -0.964. The second-order valence-corrected chi connectivity index (χ2v) is 7.34. The topological polar surface area (TPSA) is 58.6 Å². The molecule has 3 aromatic rings. The van der Waals surface area contributed by atoms with Crippen LogP contribution in [0, 0.1) is 5.82 Å². The fourth-order valence-electron chi connectivity index (χ4n) is 2.55. The van der Waals surface area contributed by atoms with Gasteiger partial charge in [-0.05, 0) is 54.6 Å². The Hall–Kier alpha value is -2.57. The highest BCUT2D eigenvalue weighted by Gasteiger charge is 2.08. The van der Waals surface area contributed by atoms with Gasteiger partial charge in [0.15, 0.2) is 0 Å². The zero-order valence-corrected chi connectivity index (χ0v) is 16.9. The first-order chi connectivity index (χ1) is 13.4. The van der Waals surface area contributed by atoms with Gasteiger partial charge in [0.1, 0.15) is 18.2 Å². The van der Waals surface area contributed by atoms with E-state index in [1.807, 2.05) is 18.2 Å². The number of nitrogens with one attached hydrogen (secondary N) is 1. The van der Waals surface area contributed by atoms with Crippen molar-refractivity contribution in [1.29, 1.82) is 0 Å². The van der Waals surface area contributed by atoms with Crippen LogP contribution in [0.2, 0.25) is 5.02 Å². The molecule has 28 heavy (non-hydrogen) atoms. The van der Waals surface area contributed by atoms with Gasteiger partial charge < -0.3 is 15.2 Å². The smallest absolute Gasteiger partial charge is 0.335 e. The van der Waals surface area contributed by atoms with E-state index in [2.05, 4.69) is 21.2 Å². The van der Waals surface area contributed by atoms with Gasteiger partial charge in [0.05, 0.1) is 10.6 Å². The maximum absolute atomic E-state index is 13.2. The standard InChI is InChI=1S/C21H16BrClFNO3/c22-16-4-8-20(28-12-14-1-5-17(24)10-19(14)23)15(9-16)11-25-18-6-2-13(3-7-18)21(26)27/h1-10,25H,11-12H2,(H,26,27). The van der Waals surface area contributed by atoms with Crippen LogP contribution in [0.5, 0.6) is 5.75 Å².